The third-order valence-electron chi connectivity index (χ3n) is 1.59. The first-order valence-electron chi connectivity index (χ1n) is 3.28. The van der Waals surface area contributed by atoms with Gasteiger partial charge in [-0.15, -0.1) is 0 Å². The predicted molar refractivity (Wildman–Crippen MR) is 40.6 cm³/mol. The summed E-state index contributed by atoms with van der Waals surface area (Å²) in [5, 5.41) is 0. The largest absolute Gasteiger partial charge is 0.306 e. The fourth-order valence-corrected chi connectivity index (χ4v) is 1.06. The van der Waals surface area contributed by atoms with Crippen molar-refractivity contribution in [2.75, 3.05) is 0 Å². The van der Waals surface area contributed by atoms with Crippen LogP contribution in [0.1, 0.15) is 10.5 Å². The van der Waals surface area contributed by atoms with Crippen molar-refractivity contribution in [2.45, 2.75) is 0 Å². The normalized spacial score (nSPS) is 10.2. The molecule has 3 heteroatoms. The van der Waals surface area contributed by atoms with Crippen LogP contribution in [0, 0.1) is 0 Å². The number of carbonyl (C=O) groups excluding carboxylic acids is 1. The lowest BCUT2D eigenvalue weighted by molar-refractivity contribution is 0.112. The second-order valence-electron chi connectivity index (χ2n) is 2.24. The number of aldehydes is 1. The number of nitrogens with zero attached hydrogens (tertiary/aromatic N) is 2. The Labute approximate surface area is 63.3 Å². The molecular formula is C8H6N2O. The molecule has 0 fully saturated rings. The number of hydrogen-bond donors (Lipinski definition) is 0. The van der Waals surface area contributed by atoms with Gasteiger partial charge in [-0.1, -0.05) is 6.07 Å². The summed E-state index contributed by atoms with van der Waals surface area (Å²) >= 11 is 0. The van der Waals surface area contributed by atoms with Crippen LogP contribution in [-0.2, 0) is 0 Å². The van der Waals surface area contributed by atoms with Crippen LogP contribution in [-0.4, -0.2) is 15.7 Å². The van der Waals surface area contributed by atoms with Crippen molar-refractivity contribution in [1.82, 2.24) is 9.38 Å². The summed E-state index contributed by atoms with van der Waals surface area (Å²) in [5.41, 5.74) is 1.34. The summed E-state index contributed by atoms with van der Waals surface area (Å²) in [7, 11) is 0. The highest BCUT2D eigenvalue weighted by Gasteiger charge is 1.99. The number of aromatic nitrogens is 2. The predicted octanol–water partition coefficient (Wildman–Crippen LogP) is 1.15. The molecule has 0 radical (unpaired) electrons. The van der Waals surface area contributed by atoms with E-state index in [1.807, 2.05) is 28.8 Å². The zero-order valence-electron chi connectivity index (χ0n) is 5.77. The van der Waals surface area contributed by atoms with Crippen LogP contribution in [0.2, 0.25) is 0 Å². The molecule has 3 nitrogen and oxygen atoms in total. The molecule has 0 aliphatic rings. The Morgan fingerprint density at radius 1 is 1.45 bits per heavy atom. The Balaban J connectivity index is 2.86. The van der Waals surface area contributed by atoms with Gasteiger partial charge in [-0.3, -0.25) is 4.79 Å². The third-order valence-corrected chi connectivity index (χ3v) is 1.59. The molecule has 2 aromatic heterocycles. The van der Waals surface area contributed by atoms with Crippen LogP contribution in [0.15, 0.2) is 30.7 Å². The SMILES string of the molecule is O=Cc1ncn2ccccc12. The minimum Gasteiger partial charge on any atom is -0.306 e. The summed E-state index contributed by atoms with van der Waals surface area (Å²) in [4.78, 5) is 14.3. The molecule has 0 unspecified atom stereocenters. The van der Waals surface area contributed by atoms with E-state index in [1.54, 1.807) is 6.33 Å². The van der Waals surface area contributed by atoms with Crippen molar-refractivity contribution in [3.63, 3.8) is 0 Å². The molecule has 2 rings (SSSR count). The second kappa shape index (κ2) is 2.20. The van der Waals surface area contributed by atoms with Gasteiger partial charge in [0.05, 0.1) is 5.52 Å². The van der Waals surface area contributed by atoms with Crippen LogP contribution in [0.25, 0.3) is 5.52 Å². The molecule has 11 heavy (non-hydrogen) atoms. The molecule has 0 saturated carbocycles. The Morgan fingerprint density at radius 3 is 3.18 bits per heavy atom. The number of rotatable bonds is 1. The standard InChI is InChI=1S/C8H6N2O/c11-5-7-8-3-1-2-4-10(8)6-9-7/h1-6H. The van der Waals surface area contributed by atoms with Crippen LogP contribution >= 0.6 is 0 Å². The highest BCUT2D eigenvalue weighted by molar-refractivity contribution is 5.83. The lowest BCUT2D eigenvalue weighted by Gasteiger charge is -1.89. The summed E-state index contributed by atoms with van der Waals surface area (Å²) < 4.78 is 1.81. The first-order chi connectivity index (χ1) is 5.42. The Kier molecular flexibility index (Phi) is 1.22. The monoisotopic (exact) mass is 146 g/mol. The smallest absolute Gasteiger partial charge is 0.170 e. The maximum absolute atomic E-state index is 10.4. The lowest BCUT2D eigenvalue weighted by Crippen LogP contribution is -1.81. The van der Waals surface area contributed by atoms with Gasteiger partial charge in [0.25, 0.3) is 0 Å². The van der Waals surface area contributed by atoms with E-state index >= 15 is 0 Å². The van der Waals surface area contributed by atoms with E-state index in [0.717, 1.165) is 11.8 Å². The molecule has 0 bridgehead atoms. The molecule has 0 saturated heterocycles. The number of carbonyl (C=O) groups is 1. The quantitative estimate of drug-likeness (QED) is 0.565. The molecule has 2 heterocycles. The third kappa shape index (κ3) is 0.816. The van der Waals surface area contributed by atoms with E-state index in [2.05, 4.69) is 4.98 Å². The molecule has 0 aliphatic carbocycles. The highest BCUT2D eigenvalue weighted by Crippen LogP contribution is 2.05. The van der Waals surface area contributed by atoms with Crippen LogP contribution in [0.5, 0.6) is 0 Å². The van der Waals surface area contributed by atoms with Crippen molar-refractivity contribution in [3.05, 3.63) is 36.4 Å². The van der Waals surface area contributed by atoms with Crippen LogP contribution in [0.4, 0.5) is 0 Å². The van der Waals surface area contributed by atoms with Crippen molar-refractivity contribution >= 4 is 11.8 Å². The van der Waals surface area contributed by atoms with Crippen molar-refractivity contribution in [3.8, 4) is 0 Å². The van der Waals surface area contributed by atoms with Crippen LogP contribution < -0.4 is 0 Å². The van der Waals surface area contributed by atoms with E-state index in [1.165, 1.54) is 0 Å². The van der Waals surface area contributed by atoms with Gasteiger partial charge in [0.15, 0.2) is 6.29 Å². The fraction of sp³-hybridized carbons (Fsp3) is 0. The minimum atomic E-state index is 0.491. The van der Waals surface area contributed by atoms with Crippen molar-refractivity contribution in [1.29, 1.82) is 0 Å². The van der Waals surface area contributed by atoms with Gasteiger partial charge in [0.1, 0.15) is 12.0 Å². The van der Waals surface area contributed by atoms with Crippen LogP contribution in [0.3, 0.4) is 0 Å². The summed E-state index contributed by atoms with van der Waals surface area (Å²) in [6, 6.07) is 5.63. The second-order valence-corrected chi connectivity index (χ2v) is 2.24. The molecule has 2 aromatic rings. The van der Waals surface area contributed by atoms with Crippen molar-refractivity contribution in [2.24, 2.45) is 0 Å². The maximum atomic E-state index is 10.4. The zero-order chi connectivity index (χ0) is 7.68. The average Bonchev–Trinajstić information content (AvgIpc) is 2.47. The van der Waals surface area contributed by atoms with Gasteiger partial charge in [0.2, 0.25) is 0 Å². The molecule has 0 N–H and O–H groups in total. The Bertz CT molecular complexity index is 392. The molecule has 0 spiro atoms. The number of pyridine rings is 1. The molecular weight excluding hydrogens is 140 g/mol. The Morgan fingerprint density at radius 2 is 2.36 bits per heavy atom. The summed E-state index contributed by atoms with van der Waals surface area (Å²) in [6.45, 7) is 0. The molecule has 0 amide bonds. The van der Waals surface area contributed by atoms with Crippen molar-refractivity contribution < 1.29 is 4.79 Å². The minimum absolute atomic E-state index is 0.491. The zero-order valence-corrected chi connectivity index (χ0v) is 5.77. The molecule has 0 atom stereocenters. The molecule has 0 aromatic carbocycles. The lowest BCUT2D eigenvalue weighted by atomic mass is 10.3. The highest BCUT2D eigenvalue weighted by atomic mass is 16.1. The summed E-state index contributed by atoms with van der Waals surface area (Å²) in [6.07, 6.45) is 4.24. The van der Waals surface area contributed by atoms with Gasteiger partial charge in [-0.05, 0) is 12.1 Å². The average molecular weight is 146 g/mol. The van der Waals surface area contributed by atoms with Gasteiger partial charge in [-0.2, -0.15) is 0 Å². The van der Waals surface area contributed by atoms with Gasteiger partial charge >= 0.3 is 0 Å². The Hall–Kier alpha value is -1.64. The molecule has 0 aliphatic heterocycles. The number of hydrogen-bond acceptors (Lipinski definition) is 2. The maximum Gasteiger partial charge on any atom is 0.170 e. The van der Waals surface area contributed by atoms with Gasteiger partial charge in [0, 0.05) is 6.20 Å². The number of imidazole rings is 1. The van der Waals surface area contributed by atoms with E-state index < -0.39 is 0 Å². The first-order valence-corrected chi connectivity index (χ1v) is 3.28. The summed E-state index contributed by atoms with van der Waals surface area (Å²) in [5.74, 6) is 0. The van der Waals surface area contributed by atoms with E-state index in [0.29, 0.717) is 5.69 Å². The van der Waals surface area contributed by atoms with Gasteiger partial charge in [-0.25, -0.2) is 4.98 Å². The first kappa shape index (κ1) is 6.09. The van der Waals surface area contributed by atoms with E-state index in [9.17, 15) is 4.79 Å². The molecule has 54 valence electrons. The van der Waals surface area contributed by atoms with Gasteiger partial charge < -0.3 is 4.40 Å². The van der Waals surface area contributed by atoms with E-state index in [-0.39, 0.29) is 0 Å². The number of fused-ring (bicyclic) bond motifs is 1. The topological polar surface area (TPSA) is 34.4 Å². The fourth-order valence-electron chi connectivity index (χ4n) is 1.06. The van der Waals surface area contributed by atoms with E-state index in [4.69, 9.17) is 0 Å².